The maximum atomic E-state index is 12.2. The van der Waals surface area contributed by atoms with Crippen molar-refractivity contribution in [2.75, 3.05) is 11.1 Å². The number of amides is 1. The summed E-state index contributed by atoms with van der Waals surface area (Å²) in [7, 11) is 0. The Hall–Kier alpha value is -2.31. The molecule has 0 aliphatic heterocycles. The lowest BCUT2D eigenvalue weighted by Gasteiger charge is -2.05. The Bertz CT molecular complexity index is 597. The molecule has 102 valence electrons. The third-order valence-electron chi connectivity index (χ3n) is 2.90. The van der Waals surface area contributed by atoms with Crippen LogP contribution in [0.1, 0.15) is 30.0 Å². The van der Waals surface area contributed by atoms with Crippen molar-refractivity contribution in [1.82, 2.24) is 19.6 Å². The van der Waals surface area contributed by atoms with Gasteiger partial charge >= 0.3 is 0 Å². The molecule has 1 amide bonds. The van der Waals surface area contributed by atoms with Crippen LogP contribution in [0.2, 0.25) is 0 Å². The van der Waals surface area contributed by atoms with Crippen LogP contribution in [0.25, 0.3) is 0 Å². The molecule has 0 aliphatic rings. The van der Waals surface area contributed by atoms with Crippen LogP contribution in [-0.4, -0.2) is 25.5 Å². The van der Waals surface area contributed by atoms with Gasteiger partial charge in [0.05, 0.1) is 23.3 Å². The molecule has 0 aromatic carbocycles. The number of anilines is 2. The number of hydrogen-bond acceptors (Lipinski definition) is 4. The summed E-state index contributed by atoms with van der Waals surface area (Å²) >= 11 is 0. The number of carbonyl (C=O) groups excluding carboxylic acids is 1. The van der Waals surface area contributed by atoms with Crippen molar-refractivity contribution >= 4 is 17.3 Å². The predicted octanol–water partition coefficient (Wildman–Crippen LogP) is 1.26. The molecule has 0 spiro atoms. The molecule has 3 N–H and O–H groups in total. The zero-order chi connectivity index (χ0) is 14.0. The molecule has 0 saturated carbocycles. The lowest BCUT2D eigenvalue weighted by atomic mass is 10.3. The van der Waals surface area contributed by atoms with Crippen LogP contribution in [0.4, 0.5) is 11.4 Å². The predicted molar refractivity (Wildman–Crippen MR) is 72.9 cm³/mol. The highest BCUT2D eigenvalue weighted by Gasteiger charge is 2.19. The van der Waals surface area contributed by atoms with Gasteiger partial charge in [-0.05, 0) is 20.8 Å². The van der Waals surface area contributed by atoms with Crippen LogP contribution in [0.15, 0.2) is 12.4 Å². The number of nitrogens with one attached hydrogen (secondary N) is 1. The Morgan fingerprint density at radius 1 is 1.42 bits per heavy atom. The monoisotopic (exact) mass is 262 g/mol. The topological polar surface area (TPSA) is 90.8 Å². The summed E-state index contributed by atoms with van der Waals surface area (Å²) in [4.78, 5) is 12.2. The summed E-state index contributed by atoms with van der Waals surface area (Å²) < 4.78 is 3.34. The summed E-state index contributed by atoms with van der Waals surface area (Å²) in [6.45, 7) is 7.02. The van der Waals surface area contributed by atoms with Crippen molar-refractivity contribution in [1.29, 1.82) is 0 Å². The van der Waals surface area contributed by atoms with Gasteiger partial charge < -0.3 is 11.1 Å². The molecule has 2 aromatic heterocycles. The number of aromatic nitrogens is 4. The molecule has 0 fully saturated rings. The Morgan fingerprint density at radius 2 is 2.16 bits per heavy atom. The summed E-state index contributed by atoms with van der Waals surface area (Å²) in [6, 6.07) is 0. The molecular weight excluding hydrogens is 244 g/mol. The van der Waals surface area contributed by atoms with Gasteiger partial charge in [0.15, 0.2) is 0 Å². The van der Waals surface area contributed by atoms with Crippen LogP contribution < -0.4 is 11.1 Å². The van der Waals surface area contributed by atoms with Crippen LogP contribution in [0, 0.1) is 6.92 Å². The molecule has 0 atom stereocenters. The molecule has 19 heavy (non-hydrogen) atoms. The lowest BCUT2D eigenvalue weighted by molar-refractivity contribution is 0.101. The normalized spacial score (nSPS) is 10.7. The fraction of sp³-hybridized carbons (Fsp3) is 0.417. The van der Waals surface area contributed by atoms with E-state index in [4.69, 9.17) is 5.73 Å². The van der Waals surface area contributed by atoms with Crippen LogP contribution in [0.3, 0.4) is 0 Å². The maximum Gasteiger partial charge on any atom is 0.276 e. The van der Waals surface area contributed by atoms with E-state index in [1.54, 1.807) is 28.7 Å². The van der Waals surface area contributed by atoms with E-state index in [0.717, 1.165) is 6.54 Å². The summed E-state index contributed by atoms with van der Waals surface area (Å²) in [5.74, 6) is -0.268. The zero-order valence-corrected chi connectivity index (χ0v) is 11.3. The second-order valence-corrected chi connectivity index (χ2v) is 4.20. The molecule has 0 radical (unpaired) electrons. The number of rotatable bonds is 4. The largest absolute Gasteiger partial charge is 0.395 e. The fourth-order valence-corrected chi connectivity index (χ4v) is 1.86. The van der Waals surface area contributed by atoms with E-state index >= 15 is 0 Å². The molecule has 7 heteroatoms. The summed E-state index contributed by atoms with van der Waals surface area (Å²) in [5.41, 5.74) is 8.02. The van der Waals surface area contributed by atoms with E-state index in [1.165, 1.54) is 0 Å². The third kappa shape index (κ3) is 2.44. The number of nitrogens with zero attached hydrogens (tertiary/aromatic N) is 4. The minimum atomic E-state index is -0.268. The van der Waals surface area contributed by atoms with Crippen LogP contribution in [0.5, 0.6) is 0 Å². The highest BCUT2D eigenvalue weighted by molar-refractivity contribution is 6.06. The molecule has 0 unspecified atom stereocenters. The van der Waals surface area contributed by atoms with Crippen LogP contribution in [-0.2, 0) is 13.1 Å². The van der Waals surface area contributed by atoms with E-state index in [0.29, 0.717) is 29.3 Å². The lowest BCUT2D eigenvalue weighted by Crippen LogP contribution is -2.18. The smallest absolute Gasteiger partial charge is 0.276 e. The number of carbonyl (C=O) groups is 1. The molecular formula is C12H18N6O. The van der Waals surface area contributed by atoms with Gasteiger partial charge in [0.25, 0.3) is 5.91 Å². The third-order valence-corrected chi connectivity index (χ3v) is 2.90. The summed E-state index contributed by atoms with van der Waals surface area (Å²) in [5, 5.41) is 11.1. The van der Waals surface area contributed by atoms with E-state index in [1.807, 2.05) is 13.8 Å². The second-order valence-electron chi connectivity index (χ2n) is 4.20. The molecule has 7 nitrogen and oxygen atoms in total. The molecule has 2 aromatic rings. The van der Waals surface area contributed by atoms with Gasteiger partial charge in [0.1, 0.15) is 5.69 Å². The molecule has 2 heterocycles. The van der Waals surface area contributed by atoms with Crippen molar-refractivity contribution in [3.8, 4) is 0 Å². The highest BCUT2D eigenvalue weighted by atomic mass is 16.2. The molecule has 0 aliphatic carbocycles. The summed E-state index contributed by atoms with van der Waals surface area (Å²) in [6.07, 6.45) is 3.38. The van der Waals surface area contributed by atoms with E-state index in [2.05, 4.69) is 15.5 Å². The molecule has 0 saturated heterocycles. The van der Waals surface area contributed by atoms with Gasteiger partial charge in [-0.3, -0.25) is 14.2 Å². The SMILES string of the molecule is CCn1cc(NC(=O)c2c(N)c(C)nn2CC)cn1. The quantitative estimate of drug-likeness (QED) is 0.867. The Labute approximate surface area is 111 Å². The maximum absolute atomic E-state index is 12.2. The van der Waals surface area contributed by atoms with E-state index in [-0.39, 0.29) is 5.91 Å². The van der Waals surface area contributed by atoms with Gasteiger partial charge in [-0.25, -0.2) is 0 Å². The molecule has 0 bridgehead atoms. The molecule has 2 rings (SSSR count). The first kappa shape index (κ1) is 13.1. The van der Waals surface area contributed by atoms with Gasteiger partial charge in [-0.15, -0.1) is 0 Å². The number of hydrogen-bond donors (Lipinski definition) is 2. The number of nitrogen functional groups attached to an aromatic ring is 1. The minimum Gasteiger partial charge on any atom is -0.395 e. The Morgan fingerprint density at radius 3 is 2.74 bits per heavy atom. The Balaban J connectivity index is 2.24. The van der Waals surface area contributed by atoms with Crippen molar-refractivity contribution in [2.24, 2.45) is 0 Å². The van der Waals surface area contributed by atoms with Crippen molar-refractivity contribution in [3.63, 3.8) is 0 Å². The van der Waals surface area contributed by atoms with E-state index in [9.17, 15) is 4.79 Å². The standard InChI is InChI=1S/C12H18N6O/c1-4-17-7-9(6-14-17)15-12(19)11-10(13)8(3)16-18(11)5-2/h6-7H,4-5,13H2,1-3H3,(H,15,19). The van der Waals surface area contributed by atoms with Gasteiger partial charge in [0.2, 0.25) is 0 Å². The van der Waals surface area contributed by atoms with Crippen molar-refractivity contribution in [3.05, 3.63) is 23.8 Å². The van der Waals surface area contributed by atoms with Crippen LogP contribution >= 0.6 is 0 Å². The van der Waals surface area contributed by atoms with Gasteiger partial charge in [-0.1, -0.05) is 0 Å². The average Bonchev–Trinajstić information content (AvgIpc) is 2.95. The number of aryl methyl sites for hydroxylation is 3. The fourth-order valence-electron chi connectivity index (χ4n) is 1.86. The number of nitrogens with two attached hydrogens (primary N) is 1. The first-order chi connectivity index (χ1) is 9.06. The average molecular weight is 262 g/mol. The van der Waals surface area contributed by atoms with Gasteiger partial charge in [0, 0.05) is 19.3 Å². The zero-order valence-electron chi connectivity index (χ0n) is 11.3. The Kier molecular flexibility index (Phi) is 3.55. The first-order valence-electron chi connectivity index (χ1n) is 6.23. The van der Waals surface area contributed by atoms with Crippen molar-refractivity contribution in [2.45, 2.75) is 33.9 Å². The minimum absolute atomic E-state index is 0.268. The van der Waals surface area contributed by atoms with E-state index < -0.39 is 0 Å². The van der Waals surface area contributed by atoms with Crippen molar-refractivity contribution < 1.29 is 4.79 Å². The highest BCUT2D eigenvalue weighted by Crippen LogP contribution is 2.18. The first-order valence-corrected chi connectivity index (χ1v) is 6.23. The van der Waals surface area contributed by atoms with Gasteiger partial charge in [-0.2, -0.15) is 10.2 Å². The second kappa shape index (κ2) is 5.13.